The number of para-hydroxylation sites is 1. The lowest BCUT2D eigenvalue weighted by Gasteiger charge is -2.11. The average molecular weight is 506 g/mol. The van der Waals surface area contributed by atoms with E-state index in [-0.39, 0.29) is 12.4 Å². The molecule has 1 aliphatic carbocycles. The second-order valence-corrected chi connectivity index (χ2v) is 8.47. The minimum Gasteiger partial charge on any atom is -0.489 e. The van der Waals surface area contributed by atoms with Crippen molar-refractivity contribution in [1.29, 1.82) is 0 Å². The number of rotatable bonds is 8. The summed E-state index contributed by atoms with van der Waals surface area (Å²) >= 11 is 2.25. The Morgan fingerprint density at radius 2 is 2.07 bits per heavy atom. The summed E-state index contributed by atoms with van der Waals surface area (Å²) < 4.78 is 18.0. The van der Waals surface area contributed by atoms with Gasteiger partial charge in [0.25, 0.3) is 0 Å². The number of aliphatic hydroxyl groups is 1. The molecule has 29 heavy (non-hydrogen) atoms. The van der Waals surface area contributed by atoms with Crippen LogP contribution >= 0.6 is 22.6 Å². The lowest BCUT2D eigenvalue weighted by atomic mass is 10.1. The third-order valence-corrected chi connectivity index (χ3v) is 5.82. The van der Waals surface area contributed by atoms with Gasteiger partial charge in [0, 0.05) is 10.9 Å². The van der Waals surface area contributed by atoms with E-state index in [1.165, 1.54) is 0 Å². The first-order valence-electron chi connectivity index (χ1n) is 9.81. The van der Waals surface area contributed by atoms with Gasteiger partial charge < -0.3 is 19.0 Å². The summed E-state index contributed by atoms with van der Waals surface area (Å²) in [5.74, 6) is 1.37. The number of esters is 1. The largest absolute Gasteiger partial charge is 0.489 e. The first-order chi connectivity index (χ1) is 14.0. The normalized spacial score (nSPS) is 14.7. The topological polar surface area (TPSA) is 68.9 Å². The predicted molar refractivity (Wildman–Crippen MR) is 118 cm³/mol. The van der Waals surface area contributed by atoms with E-state index in [1.54, 1.807) is 6.92 Å². The van der Waals surface area contributed by atoms with E-state index in [1.807, 2.05) is 42.5 Å². The minimum atomic E-state index is -0.521. The zero-order valence-corrected chi connectivity index (χ0v) is 18.3. The molecule has 1 unspecified atom stereocenters. The number of carbonyl (C=O) groups excluding carboxylic acids is 1. The van der Waals surface area contributed by atoms with Gasteiger partial charge in [0.2, 0.25) is 0 Å². The molecule has 1 atom stereocenters. The number of carbonyl (C=O) groups is 1. The maximum atomic E-state index is 11.8. The zero-order chi connectivity index (χ0) is 20.4. The van der Waals surface area contributed by atoms with Crippen LogP contribution in [0.2, 0.25) is 0 Å². The van der Waals surface area contributed by atoms with Crippen LogP contribution < -0.4 is 4.74 Å². The molecule has 1 N–H and O–H groups in total. The molecular weight excluding hydrogens is 483 g/mol. The number of halogens is 1. The minimum absolute atomic E-state index is 0.185. The highest BCUT2D eigenvalue weighted by Crippen LogP contribution is 2.42. The molecule has 1 saturated carbocycles. The van der Waals surface area contributed by atoms with Gasteiger partial charge in [-0.3, -0.25) is 4.79 Å². The summed E-state index contributed by atoms with van der Waals surface area (Å²) in [7, 11) is 0. The van der Waals surface area contributed by atoms with Crippen molar-refractivity contribution < 1.29 is 23.8 Å². The summed E-state index contributed by atoms with van der Waals surface area (Å²) in [5.41, 5.74) is 2.60. The third-order valence-electron chi connectivity index (χ3n) is 5.02. The molecule has 5 nitrogen and oxygen atoms in total. The van der Waals surface area contributed by atoms with Gasteiger partial charge >= 0.3 is 5.97 Å². The molecule has 0 bridgehead atoms. The van der Waals surface area contributed by atoms with Gasteiger partial charge in [-0.15, -0.1) is 0 Å². The van der Waals surface area contributed by atoms with Crippen LogP contribution in [-0.4, -0.2) is 17.7 Å². The highest BCUT2D eigenvalue weighted by atomic mass is 127. The Labute approximate surface area is 183 Å². The monoisotopic (exact) mass is 506 g/mol. The van der Waals surface area contributed by atoms with Crippen molar-refractivity contribution >= 4 is 39.5 Å². The Balaban J connectivity index is 1.51. The number of fused-ring (bicyclic) bond motifs is 1. The molecular formula is C23H23IO5. The molecule has 1 heterocycles. The van der Waals surface area contributed by atoms with E-state index in [0.29, 0.717) is 30.6 Å². The Kier molecular flexibility index (Phi) is 6.10. The van der Waals surface area contributed by atoms with E-state index in [2.05, 4.69) is 22.6 Å². The first kappa shape index (κ1) is 20.2. The maximum Gasteiger partial charge on any atom is 0.310 e. The number of ether oxygens (including phenoxy) is 2. The van der Waals surface area contributed by atoms with Gasteiger partial charge in [0.15, 0.2) is 0 Å². The highest BCUT2D eigenvalue weighted by molar-refractivity contribution is 14.1. The molecule has 0 spiro atoms. The Bertz CT molecular complexity index is 1020. The van der Waals surface area contributed by atoms with Crippen molar-refractivity contribution in [2.45, 2.75) is 38.9 Å². The van der Waals surface area contributed by atoms with Crippen molar-refractivity contribution in [3.63, 3.8) is 0 Å². The van der Waals surface area contributed by atoms with Crippen LogP contribution in [0.1, 0.15) is 42.8 Å². The summed E-state index contributed by atoms with van der Waals surface area (Å²) in [4.78, 5) is 11.8. The van der Waals surface area contributed by atoms with E-state index in [9.17, 15) is 9.90 Å². The molecule has 0 amide bonds. The summed E-state index contributed by atoms with van der Waals surface area (Å²) in [6, 6.07) is 13.5. The van der Waals surface area contributed by atoms with Crippen LogP contribution in [0, 0.1) is 9.49 Å². The predicted octanol–water partition coefficient (Wildman–Crippen LogP) is 5.17. The molecule has 6 heteroatoms. The molecule has 152 valence electrons. The van der Waals surface area contributed by atoms with Crippen molar-refractivity contribution in [2.24, 2.45) is 5.92 Å². The van der Waals surface area contributed by atoms with E-state index in [0.717, 1.165) is 38.5 Å². The average Bonchev–Trinajstić information content (AvgIpc) is 3.46. The van der Waals surface area contributed by atoms with Crippen LogP contribution in [0.4, 0.5) is 0 Å². The fourth-order valence-corrected chi connectivity index (χ4v) is 4.20. The van der Waals surface area contributed by atoms with Gasteiger partial charge in [-0.05, 0) is 78.1 Å². The van der Waals surface area contributed by atoms with E-state index >= 15 is 0 Å². The zero-order valence-electron chi connectivity index (χ0n) is 16.2. The van der Waals surface area contributed by atoms with Crippen LogP contribution in [-0.2, 0) is 22.6 Å². The van der Waals surface area contributed by atoms with Gasteiger partial charge in [0.1, 0.15) is 29.8 Å². The van der Waals surface area contributed by atoms with Crippen molar-refractivity contribution in [2.75, 3.05) is 6.61 Å². The van der Waals surface area contributed by atoms with E-state index < -0.39 is 6.10 Å². The standard InChI is InChI=1S/C23H23IO5/c1-2-27-21(25)12-16-5-3-4-6-19(16)28-13-14-9-17-11-20(22(26)15-7-8-15)29-23(17)18(24)10-14/h3-6,9-11,15,22,26H,2,7-8,12-13H2,1H3. The fourth-order valence-electron chi connectivity index (χ4n) is 3.38. The van der Waals surface area contributed by atoms with Crippen molar-refractivity contribution in [1.82, 2.24) is 0 Å². The Morgan fingerprint density at radius 1 is 1.28 bits per heavy atom. The molecule has 2 aromatic carbocycles. The molecule has 1 aromatic heterocycles. The van der Waals surface area contributed by atoms with Gasteiger partial charge in [-0.2, -0.15) is 0 Å². The third kappa shape index (κ3) is 4.75. The summed E-state index contributed by atoms with van der Waals surface area (Å²) in [6.45, 7) is 2.53. The molecule has 4 rings (SSSR count). The van der Waals surface area contributed by atoms with Crippen molar-refractivity contribution in [3.05, 3.63) is 62.9 Å². The lowest BCUT2D eigenvalue weighted by Crippen LogP contribution is -2.09. The maximum absolute atomic E-state index is 11.8. The van der Waals surface area contributed by atoms with Gasteiger partial charge in [0.05, 0.1) is 16.6 Å². The first-order valence-corrected chi connectivity index (χ1v) is 10.9. The Morgan fingerprint density at radius 3 is 2.83 bits per heavy atom. The van der Waals surface area contributed by atoms with Crippen LogP contribution in [0.5, 0.6) is 5.75 Å². The van der Waals surface area contributed by atoms with E-state index in [4.69, 9.17) is 13.9 Å². The number of benzene rings is 2. The summed E-state index contributed by atoms with van der Waals surface area (Å²) in [6.07, 6.45) is 1.77. The number of furan rings is 1. The second kappa shape index (κ2) is 8.75. The molecule has 3 aromatic rings. The number of aliphatic hydroxyl groups excluding tert-OH is 1. The summed E-state index contributed by atoms with van der Waals surface area (Å²) in [5, 5.41) is 11.3. The van der Waals surface area contributed by atoms with Crippen LogP contribution in [0.3, 0.4) is 0 Å². The van der Waals surface area contributed by atoms with Crippen molar-refractivity contribution in [3.8, 4) is 5.75 Å². The van der Waals surface area contributed by atoms with Gasteiger partial charge in [-0.1, -0.05) is 18.2 Å². The second-order valence-electron chi connectivity index (χ2n) is 7.31. The molecule has 0 saturated heterocycles. The van der Waals surface area contributed by atoms with Crippen LogP contribution in [0.25, 0.3) is 11.0 Å². The molecule has 1 aliphatic rings. The molecule has 1 fully saturated rings. The lowest BCUT2D eigenvalue weighted by molar-refractivity contribution is -0.142. The van der Waals surface area contributed by atoms with Gasteiger partial charge in [-0.25, -0.2) is 0 Å². The smallest absolute Gasteiger partial charge is 0.310 e. The SMILES string of the molecule is CCOC(=O)Cc1ccccc1OCc1cc(I)c2oc(C(O)C3CC3)cc2c1. The quantitative estimate of drug-likeness (QED) is 0.338. The molecule has 0 aliphatic heterocycles. The van der Waals surface area contributed by atoms with Crippen LogP contribution in [0.15, 0.2) is 46.9 Å². The highest BCUT2D eigenvalue weighted by Gasteiger charge is 2.33. The Hall–Kier alpha value is -2.06. The molecule has 0 radical (unpaired) electrons. The number of hydrogen-bond donors (Lipinski definition) is 1. The number of hydrogen-bond acceptors (Lipinski definition) is 5. The fraction of sp³-hybridized carbons (Fsp3) is 0.348.